The topological polar surface area (TPSA) is 55.2 Å². The van der Waals surface area contributed by atoms with E-state index in [9.17, 15) is 8.42 Å². The van der Waals surface area contributed by atoms with Crippen LogP contribution in [0, 0.1) is 6.92 Å². The van der Waals surface area contributed by atoms with Gasteiger partial charge in [0.2, 0.25) is 10.0 Å². The Hall–Kier alpha value is -2.18. The molecule has 6 heteroatoms. The summed E-state index contributed by atoms with van der Waals surface area (Å²) in [6, 6.07) is 13.0. The summed E-state index contributed by atoms with van der Waals surface area (Å²) in [5.41, 5.74) is 2.93. The Morgan fingerprint density at radius 2 is 1.77 bits per heavy atom. The van der Waals surface area contributed by atoms with Crippen LogP contribution in [-0.4, -0.2) is 29.6 Å². The van der Waals surface area contributed by atoms with Crippen molar-refractivity contribution in [3.63, 3.8) is 0 Å². The predicted octanol–water partition coefficient (Wildman–Crippen LogP) is 3.83. The average molecular weight is 372 g/mol. The molecule has 0 amide bonds. The monoisotopic (exact) mass is 371 g/mol. The van der Waals surface area contributed by atoms with Crippen molar-refractivity contribution in [1.29, 1.82) is 0 Å². The number of hydrogen-bond acceptors (Lipinski definition) is 3. The van der Waals surface area contributed by atoms with Crippen molar-refractivity contribution in [1.82, 2.24) is 14.1 Å². The Morgan fingerprint density at radius 3 is 2.42 bits per heavy atom. The molecule has 0 fully saturated rings. The molecule has 0 unspecified atom stereocenters. The van der Waals surface area contributed by atoms with Gasteiger partial charge in [0.25, 0.3) is 0 Å². The summed E-state index contributed by atoms with van der Waals surface area (Å²) < 4.78 is 29.4. The molecule has 3 aromatic rings. The van der Waals surface area contributed by atoms with Crippen molar-refractivity contribution in [3.8, 4) is 0 Å². The van der Waals surface area contributed by atoms with Crippen LogP contribution in [0.4, 0.5) is 0 Å². The normalized spacial score (nSPS) is 12.4. The van der Waals surface area contributed by atoms with E-state index in [1.54, 1.807) is 19.2 Å². The molecule has 0 N–H and O–H groups in total. The van der Waals surface area contributed by atoms with Crippen LogP contribution in [0.15, 0.2) is 47.4 Å². The van der Waals surface area contributed by atoms with Gasteiger partial charge in [-0.25, -0.2) is 8.42 Å². The number of sulfonamides is 1. The number of aryl methyl sites for hydroxylation is 1. The summed E-state index contributed by atoms with van der Waals surface area (Å²) in [5.74, 6) is 0.238. The lowest BCUT2D eigenvalue weighted by atomic mass is 10.0. The number of benzene rings is 2. The second-order valence-electron chi connectivity index (χ2n) is 7.00. The van der Waals surface area contributed by atoms with Crippen LogP contribution < -0.4 is 0 Å². The van der Waals surface area contributed by atoms with Crippen LogP contribution in [0.5, 0.6) is 0 Å². The lowest BCUT2D eigenvalue weighted by molar-refractivity contribution is 0.464. The summed E-state index contributed by atoms with van der Waals surface area (Å²) in [6.45, 7) is 6.43. The van der Waals surface area contributed by atoms with Gasteiger partial charge < -0.3 is 0 Å². The van der Waals surface area contributed by atoms with E-state index in [1.807, 2.05) is 49.0 Å². The van der Waals surface area contributed by atoms with E-state index in [4.69, 9.17) is 0 Å². The molecule has 0 aliphatic heterocycles. The highest BCUT2D eigenvalue weighted by Gasteiger charge is 2.25. The van der Waals surface area contributed by atoms with Gasteiger partial charge in [0.05, 0.1) is 10.6 Å². The molecule has 138 valence electrons. The highest BCUT2D eigenvalue weighted by Crippen LogP contribution is 2.26. The molecule has 5 nitrogen and oxygen atoms in total. The number of hydrogen-bond donors (Lipinski definition) is 0. The van der Waals surface area contributed by atoms with Crippen molar-refractivity contribution in [2.75, 3.05) is 7.05 Å². The van der Waals surface area contributed by atoms with E-state index >= 15 is 0 Å². The van der Waals surface area contributed by atoms with E-state index in [0.29, 0.717) is 11.4 Å². The molecule has 0 aliphatic rings. The van der Waals surface area contributed by atoms with E-state index < -0.39 is 10.0 Å². The number of fused-ring (bicyclic) bond motifs is 1. The minimum Gasteiger partial charge on any atom is -0.272 e. The molecule has 0 saturated heterocycles. The average Bonchev–Trinajstić information content (AvgIpc) is 2.89. The maximum absolute atomic E-state index is 13.1. The van der Waals surface area contributed by atoms with Gasteiger partial charge in [-0.1, -0.05) is 44.2 Å². The third-order valence-corrected chi connectivity index (χ3v) is 6.65. The molecule has 1 aromatic heterocycles. The van der Waals surface area contributed by atoms with Crippen molar-refractivity contribution in [3.05, 3.63) is 59.4 Å². The largest absolute Gasteiger partial charge is 0.272 e. The first-order valence-electron chi connectivity index (χ1n) is 8.69. The molecular weight excluding hydrogens is 346 g/mol. The summed E-state index contributed by atoms with van der Waals surface area (Å²) in [5, 5.41) is 6.50. The van der Waals surface area contributed by atoms with Gasteiger partial charge in [0.1, 0.15) is 0 Å². The standard InChI is InChI=1S/C20H25N3O2S/c1-14(2)20-19(15(3)23(5)21-20)13-22(4)26(24,25)18-11-10-16-8-6-7-9-17(16)12-18/h6-12,14H,13H2,1-5H3. The SMILES string of the molecule is Cc1c(CN(C)S(=O)(=O)c2ccc3ccccc3c2)c(C(C)C)nn1C. The van der Waals surface area contributed by atoms with Gasteiger partial charge in [-0.15, -0.1) is 0 Å². The number of rotatable bonds is 5. The summed E-state index contributed by atoms with van der Waals surface area (Å²) in [7, 11) is -0.0648. The quantitative estimate of drug-likeness (QED) is 0.685. The second kappa shape index (κ2) is 6.85. The third-order valence-electron chi connectivity index (χ3n) is 4.85. The molecule has 0 saturated carbocycles. The third kappa shape index (κ3) is 3.27. The van der Waals surface area contributed by atoms with Crippen molar-refractivity contribution < 1.29 is 8.42 Å². The maximum atomic E-state index is 13.1. The van der Waals surface area contributed by atoms with E-state index in [0.717, 1.165) is 27.7 Å². The van der Waals surface area contributed by atoms with E-state index in [-0.39, 0.29) is 5.92 Å². The number of nitrogens with zero attached hydrogens (tertiary/aromatic N) is 3. The molecule has 0 bridgehead atoms. The first-order chi connectivity index (χ1) is 12.2. The fourth-order valence-corrected chi connectivity index (χ4v) is 4.33. The molecule has 0 spiro atoms. The van der Waals surface area contributed by atoms with Crippen LogP contribution in [0.3, 0.4) is 0 Å². The van der Waals surface area contributed by atoms with Crippen molar-refractivity contribution in [2.24, 2.45) is 7.05 Å². The van der Waals surface area contributed by atoms with Gasteiger partial charge in [0, 0.05) is 31.9 Å². The predicted molar refractivity (Wildman–Crippen MR) is 105 cm³/mol. The molecule has 0 radical (unpaired) electrons. The molecule has 0 atom stereocenters. The molecule has 3 rings (SSSR count). The highest BCUT2D eigenvalue weighted by atomic mass is 32.2. The Labute approximate surface area is 155 Å². The summed E-state index contributed by atoms with van der Waals surface area (Å²) >= 11 is 0. The van der Waals surface area contributed by atoms with Crippen LogP contribution in [0.1, 0.15) is 36.7 Å². The fraction of sp³-hybridized carbons (Fsp3) is 0.350. The van der Waals surface area contributed by atoms with Gasteiger partial charge in [-0.2, -0.15) is 9.40 Å². The zero-order valence-electron chi connectivity index (χ0n) is 15.9. The van der Waals surface area contributed by atoms with Crippen LogP contribution in [0.25, 0.3) is 10.8 Å². The summed E-state index contributed by atoms with van der Waals surface area (Å²) in [4.78, 5) is 0.311. The van der Waals surface area contributed by atoms with Gasteiger partial charge >= 0.3 is 0 Å². The smallest absolute Gasteiger partial charge is 0.243 e. The van der Waals surface area contributed by atoms with Crippen LogP contribution in [-0.2, 0) is 23.6 Å². The van der Waals surface area contributed by atoms with Gasteiger partial charge in [-0.05, 0) is 35.7 Å². The number of aromatic nitrogens is 2. The Bertz CT molecular complexity index is 1050. The zero-order valence-corrected chi connectivity index (χ0v) is 16.7. The molecule has 26 heavy (non-hydrogen) atoms. The minimum absolute atomic E-state index is 0.238. The second-order valence-corrected chi connectivity index (χ2v) is 9.04. The molecule has 2 aromatic carbocycles. The molecular formula is C20H25N3O2S. The Morgan fingerprint density at radius 1 is 1.12 bits per heavy atom. The summed E-state index contributed by atoms with van der Waals surface area (Å²) in [6.07, 6.45) is 0. The first-order valence-corrected chi connectivity index (χ1v) is 10.1. The Kier molecular flexibility index (Phi) is 4.90. The zero-order chi connectivity index (χ0) is 19.1. The van der Waals surface area contributed by atoms with E-state index in [2.05, 4.69) is 18.9 Å². The van der Waals surface area contributed by atoms with Crippen LogP contribution >= 0.6 is 0 Å². The van der Waals surface area contributed by atoms with Crippen LogP contribution in [0.2, 0.25) is 0 Å². The Balaban J connectivity index is 1.97. The van der Waals surface area contributed by atoms with Gasteiger partial charge in [0.15, 0.2) is 0 Å². The minimum atomic E-state index is -3.58. The molecule has 0 aliphatic carbocycles. The van der Waals surface area contributed by atoms with Gasteiger partial charge in [-0.3, -0.25) is 4.68 Å². The molecule has 1 heterocycles. The lowest BCUT2D eigenvalue weighted by Gasteiger charge is -2.19. The van der Waals surface area contributed by atoms with E-state index in [1.165, 1.54) is 4.31 Å². The lowest BCUT2D eigenvalue weighted by Crippen LogP contribution is -2.27. The first kappa shape index (κ1) is 18.6. The fourth-order valence-electron chi connectivity index (χ4n) is 3.15. The van der Waals surface area contributed by atoms with Crippen molar-refractivity contribution in [2.45, 2.75) is 38.1 Å². The highest BCUT2D eigenvalue weighted by molar-refractivity contribution is 7.89. The maximum Gasteiger partial charge on any atom is 0.243 e. The van der Waals surface area contributed by atoms with Crippen molar-refractivity contribution >= 4 is 20.8 Å².